The molecule has 0 unspecified atom stereocenters. The van der Waals surface area contributed by atoms with Crippen LogP contribution < -0.4 is 0 Å². The minimum atomic E-state index is -0.339. The average Bonchev–Trinajstić information content (AvgIpc) is 2.41. The van der Waals surface area contributed by atoms with Gasteiger partial charge in [0.25, 0.3) is 0 Å². The highest BCUT2D eigenvalue weighted by Gasteiger charge is 2.35. The van der Waals surface area contributed by atoms with Gasteiger partial charge in [0.1, 0.15) is 0 Å². The van der Waals surface area contributed by atoms with Gasteiger partial charge in [-0.3, -0.25) is 4.79 Å². The molecule has 2 nitrogen and oxygen atoms in total. The van der Waals surface area contributed by atoms with E-state index in [0.717, 1.165) is 19.4 Å². The quantitative estimate of drug-likeness (QED) is 0.699. The van der Waals surface area contributed by atoms with Crippen molar-refractivity contribution in [2.75, 3.05) is 6.54 Å². The monoisotopic (exact) mass is 327 g/mol. The lowest BCUT2D eigenvalue weighted by atomic mass is 9.85. The molecule has 0 spiro atoms. The van der Waals surface area contributed by atoms with Crippen LogP contribution in [0.2, 0.25) is 10.0 Å². The largest absolute Gasteiger partial charge is 0.339 e. The zero-order chi connectivity index (χ0) is 15.8. The summed E-state index contributed by atoms with van der Waals surface area (Å²) in [6.07, 6.45) is 2.10. The summed E-state index contributed by atoms with van der Waals surface area (Å²) in [7, 11) is 0. The Bertz CT molecular complexity index is 536. The SMILES string of the molecule is C[C@@H]1CC[C@@H](c2ccc(Cl)c(Cl)c2)CN1C(=O)C(C)(C)C. The van der Waals surface area contributed by atoms with E-state index in [0.29, 0.717) is 22.0 Å². The number of halogens is 2. The second-order valence-electron chi connectivity index (χ2n) is 7.00. The first-order chi connectivity index (χ1) is 9.70. The summed E-state index contributed by atoms with van der Waals surface area (Å²) in [5.41, 5.74) is 0.830. The van der Waals surface area contributed by atoms with E-state index in [4.69, 9.17) is 23.2 Å². The molecule has 21 heavy (non-hydrogen) atoms. The number of nitrogens with zero attached hydrogens (tertiary/aromatic N) is 1. The Morgan fingerprint density at radius 1 is 1.19 bits per heavy atom. The van der Waals surface area contributed by atoms with Crippen molar-refractivity contribution in [1.29, 1.82) is 0 Å². The molecular weight excluding hydrogens is 305 g/mol. The Labute approximate surface area is 137 Å². The molecule has 0 bridgehead atoms. The van der Waals surface area contributed by atoms with Crippen molar-refractivity contribution < 1.29 is 4.79 Å². The van der Waals surface area contributed by atoms with Crippen molar-refractivity contribution in [3.05, 3.63) is 33.8 Å². The fourth-order valence-corrected chi connectivity index (χ4v) is 3.17. The van der Waals surface area contributed by atoms with Gasteiger partial charge < -0.3 is 4.90 Å². The van der Waals surface area contributed by atoms with E-state index in [1.807, 2.05) is 43.9 Å². The minimum absolute atomic E-state index is 0.222. The summed E-state index contributed by atoms with van der Waals surface area (Å²) in [5, 5.41) is 1.16. The van der Waals surface area contributed by atoms with Gasteiger partial charge in [0, 0.05) is 23.9 Å². The number of carbonyl (C=O) groups is 1. The Kier molecular flexibility index (Phi) is 4.89. The van der Waals surface area contributed by atoms with Gasteiger partial charge in [0.2, 0.25) is 5.91 Å². The van der Waals surface area contributed by atoms with E-state index >= 15 is 0 Å². The summed E-state index contributed by atoms with van der Waals surface area (Å²) in [6.45, 7) is 8.82. The Balaban J connectivity index is 2.20. The lowest BCUT2D eigenvalue weighted by molar-refractivity contribution is -0.143. The van der Waals surface area contributed by atoms with E-state index in [1.165, 1.54) is 5.56 Å². The lowest BCUT2D eigenvalue weighted by Crippen LogP contribution is -2.49. The molecule has 0 radical (unpaired) electrons. The van der Waals surface area contributed by atoms with Crippen LogP contribution in [0.1, 0.15) is 52.0 Å². The third-order valence-electron chi connectivity index (χ3n) is 4.20. The van der Waals surface area contributed by atoms with Crippen LogP contribution in [0.15, 0.2) is 18.2 Å². The van der Waals surface area contributed by atoms with E-state index in [-0.39, 0.29) is 11.3 Å². The highest BCUT2D eigenvalue weighted by molar-refractivity contribution is 6.42. The van der Waals surface area contributed by atoms with Crippen LogP contribution in [-0.4, -0.2) is 23.4 Å². The highest BCUT2D eigenvalue weighted by Crippen LogP contribution is 2.35. The lowest BCUT2D eigenvalue weighted by Gasteiger charge is -2.41. The van der Waals surface area contributed by atoms with E-state index < -0.39 is 0 Å². The molecule has 0 saturated carbocycles. The van der Waals surface area contributed by atoms with Crippen LogP contribution in [-0.2, 0) is 4.79 Å². The van der Waals surface area contributed by atoms with Crippen molar-refractivity contribution in [3.8, 4) is 0 Å². The number of amides is 1. The van der Waals surface area contributed by atoms with Crippen molar-refractivity contribution >= 4 is 29.1 Å². The fraction of sp³-hybridized carbons (Fsp3) is 0.588. The molecule has 1 fully saturated rings. The van der Waals surface area contributed by atoms with Crippen molar-refractivity contribution in [1.82, 2.24) is 4.90 Å². The second-order valence-corrected chi connectivity index (χ2v) is 7.82. The molecule has 0 aromatic heterocycles. The van der Waals surface area contributed by atoms with Crippen molar-refractivity contribution in [3.63, 3.8) is 0 Å². The predicted molar refractivity (Wildman–Crippen MR) is 89.1 cm³/mol. The van der Waals surface area contributed by atoms with E-state index in [1.54, 1.807) is 0 Å². The summed E-state index contributed by atoms with van der Waals surface area (Å²) in [6, 6.07) is 6.10. The normalized spacial score (nSPS) is 23.2. The number of piperidine rings is 1. The van der Waals surface area contributed by atoms with Crippen LogP contribution in [0.4, 0.5) is 0 Å². The maximum atomic E-state index is 12.6. The highest BCUT2D eigenvalue weighted by atomic mass is 35.5. The van der Waals surface area contributed by atoms with Crippen LogP contribution in [0.5, 0.6) is 0 Å². The topological polar surface area (TPSA) is 20.3 Å². The first-order valence-corrected chi connectivity index (χ1v) is 8.21. The molecule has 116 valence electrons. The van der Waals surface area contributed by atoms with Gasteiger partial charge in [-0.15, -0.1) is 0 Å². The van der Waals surface area contributed by atoms with Gasteiger partial charge in [-0.25, -0.2) is 0 Å². The summed E-state index contributed by atoms with van der Waals surface area (Å²) in [5.74, 6) is 0.557. The van der Waals surface area contributed by atoms with Gasteiger partial charge in [-0.2, -0.15) is 0 Å². The van der Waals surface area contributed by atoms with Crippen LogP contribution in [0, 0.1) is 5.41 Å². The van der Waals surface area contributed by atoms with E-state index in [2.05, 4.69) is 6.92 Å². The van der Waals surface area contributed by atoms with Gasteiger partial charge in [0.15, 0.2) is 0 Å². The second kappa shape index (κ2) is 6.18. The third kappa shape index (κ3) is 3.73. The minimum Gasteiger partial charge on any atom is -0.339 e. The summed E-state index contributed by atoms with van der Waals surface area (Å²) in [4.78, 5) is 14.6. The first kappa shape index (κ1) is 16.6. The van der Waals surface area contributed by atoms with Gasteiger partial charge in [-0.05, 0) is 37.5 Å². The molecule has 1 aromatic carbocycles. The van der Waals surface area contributed by atoms with Gasteiger partial charge >= 0.3 is 0 Å². The Hall–Kier alpha value is -0.730. The smallest absolute Gasteiger partial charge is 0.228 e. The van der Waals surface area contributed by atoms with Crippen LogP contribution >= 0.6 is 23.2 Å². The molecule has 0 N–H and O–H groups in total. The summed E-state index contributed by atoms with van der Waals surface area (Å²) >= 11 is 12.1. The molecule has 1 aliphatic rings. The number of hydrogen-bond donors (Lipinski definition) is 0. The average molecular weight is 328 g/mol. The van der Waals surface area contributed by atoms with Crippen LogP contribution in [0.3, 0.4) is 0 Å². The molecule has 1 aromatic rings. The Morgan fingerprint density at radius 3 is 2.43 bits per heavy atom. The zero-order valence-corrected chi connectivity index (χ0v) is 14.6. The van der Waals surface area contributed by atoms with Gasteiger partial charge in [0.05, 0.1) is 10.0 Å². The summed E-state index contributed by atoms with van der Waals surface area (Å²) < 4.78 is 0. The van der Waals surface area contributed by atoms with E-state index in [9.17, 15) is 4.79 Å². The fourth-order valence-electron chi connectivity index (χ4n) is 2.86. The molecule has 0 aliphatic carbocycles. The third-order valence-corrected chi connectivity index (χ3v) is 4.94. The molecule has 1 aliphatic heterocycles. The van der Waals surface area contributed by atoms with Crippen molar-refractivity contribution in [2.24, 2.45) is 5.41 Å². The molecule has 4 heteroatoms. The number of likely N-dealkylation sites (tertiary alicyclic amines) is 1. The predicted octanol–water partition coefficient (Wildman–Crippen LogP) is 5.13. The molecule has 1 amide bonds. The standard InChI is InChI=1S/C17H23Cl2NO/c1-11-5-6-13(10-20(11)16(21)17(2,3)4)12-7-8-14(18)15(19)9-12/h7-9,11,13H,5-6,10H2,1-4H3/t11-,13-/m1/s1. The number of benzene rings is 1. The first-order valence-electron chi connectivity index (χ1n) is 7.46. The maximum Gasteiger partial charge on any atom is 0.228 e. The molecular formula is C17H23Cl2NO. The molecule has 2 atom stereocenters. The zero-order valence-electron chi connectivity index (χ0n) is 13.1. The van der Waals surface area contributed by atoms with Gasteiger partial charge in [-0.1, -0.05) is 50.0 Å². The number of rotatable bonds is 1. The number of carbonyl (C=O) groups excluding carboxylic acids is 1. The van der Waals surface area contributed by atoms with Crippen molar-refractivity contribution in [2.45, 2.75) is 52.5 Å². The Morgan fingerprint density at radius 2 is 1.86 bits per heavy atom. The maximum absolute atomic E-state index is 12.6. The molecule has 1 heterocycles. The molecule has 2 rings (SSSR count). The van der Waals surface area contributed by atoms with Crippen LogP contribution in [0.25, 0.3) is 0 Å². The number of hydrogen-bond acceptors (Lipinski definition) is 1. The molecule has 1 saturated heterocycles.